The second kappa shape index (κ2) is 9.00. The van der Waals surface area contributed by atoms with Crippen molar-refractivity contribution in [3.8, 4) is 0 Å². The molecule has 0 fully saturated rings. The van der Waals surface area contributed by atoms with Gasteiger partial charge in [-0.15, -0.1) is 11.3 Å². The summed E-state index contributed by atoms with van der Waals surface area (Å²) in [4.78, 5) is 13.1. The predicted octanol–water partition coefficient (Wildman–Crippen LogP) is 3.88. The van der Waals surface area contributed by atoms with Crippen molar-refractivity contribution in [2.24, 2.45) is 0 Å². The van der Waals surface area contributed by atoms with Gasteiger partial charge in [-0.05, 0) is 37.5 Å². The Bertz CT molecular complexity index is 498. The van der Waals surface area contributed by atoms with Crippen molar-refractivity contribution in [2.75, 3.05) is 19.0 Å². The van der Waals surface area contributed by atoms with Gasteiger partial charge in [0.05, 0.1) is 12.7 Å². The highest BCUT2D eigenvalue weighted by atomic mass is 32.1. The topological polar surface area (TPSA) is 50.4 Å². The van der Waals surface area contributed by atoms with Crippen LogP contribution in [0.2, 0.25) is 0 Å². The summed E-state index contributed by atoms with van der Waals surface area (Å²) in [6.07, 6.45) is 4.25. The molecule has 1 aromatic heterocycles. The smallest absolute Gasteiger partial charge is 0.341 e. The van der Waals surface area contributed by atoms with E-state index < -0.39 is 0 Å². The number of carbonyl (C=O) groups excluding carboxylic acids is 1. The second-order valence-corrected chi connectivity index (χ2v) is 6.41. The highest BCUT2D eigenvalue weighted by molar-refractivity contribution is 7.80. The number of carbonyl (C=O) groups is 1. The van der Waals surface area contributed by atoms with Crippen molar-refractivity contribution < 1.29 is 9.53 Å². The molecule has 0 spiro atoms. The molecule has 0 aliphatic carbocycles. The van der Waals surface area contributed by atoms with E-state index in [0.29, 0.717) is 10.7 Å². The first-order valence-electron chi connectivity index (χ1n) is 7.30. The van der Waals surface area contributed by atoms with Gasteiger partial charge in [0.25, 0.3) is 0 Å². The largest absolute Gasteiger partial charge is 0.465 e. The molecule has 6 heteroatoms. The van der Waals surface area contributed by atoms with Gasteiger partial charge in [-0.1, -0.05) is 26.7 Å². The summed E-state index contributed by atoms with van der Waals surface area (Å²) in [5.74, 6) is -0.313. The molecular formula is C15H24N2O2S2. The van der Waals surface area contributed by atoms with Crippen molar-refractivity contribution in [3.05, 3.63) is 16.0 Å². The lowest BCUT2D eigenvalue weighted by Gasteiger charge is -2.10. The first-order chi connectivity index (χ1) is 10.0. The SMILES string of the molecule is CCCCCNC(=S)Nc1sc(C)c(CC)c1C(=O)OC. The predicted molar refractivity (Wildman–Crippen MR) is 93.5 cm³/mol. The Morgan fingerprint density at radius 1 is 1.33 bits per heavy atom. The molecule has 0 amide bonds. The monoisotopic (exact) mass is 328 g/mol. The quantitative estimate of drug-likeness (QED) is 0.452. The number of hydrogen-bond acceptors (Lipinski definition) is 4. The molecule has 0 saturated carbocycles. The third kappa shape index (κ3) is 4.97. The third-order valence-corrected chi connectivity index (χ3v) is 4.55. The Labute approximate surface area is 136 Å². The van der Waals surface area contributed by atoms with Crippen LogP contribution in [0.5, 0.6) is 0 Å². The van der Waals surface area contributed by atoms with Gasteiger partial charge in [0.2, 0.25) is 0 Å². The van der Waals surface area contributed by atoms with E-state index >= 15 is 0 Å². The fraction of sp³-hybridized carbons (Fsp3) is 0.600. The van der Waals surface area contributed by atoms with E-state index in [1.807, 2.05) is 13.8 Å². The number of aryl methyl sites for hydroxylation is 1. The molecular weight excluding hydrogens is 304 g/mol. The highest BCUT2D eigenvalue weighted by Gasteiger charge is 2.22. The average Bonchev–Trinajstić information content (AvgIpc) is 2.78. The van der Waals surface area contributed by atoms with Crippen LogP contribution in [-0.4, -0.2) is 24.7 Å². The van der Waals surface area contributed by atoms with Gasteiger partial charge in [-0.25, -0.2) is 4.79 Å². The molecule has 0 saturated heterocycles. The molecule has 0 aliphatic rings. The number of methoxy groups -OCH3 is 1. The van der Waals surface area contributed by atoms with Gasteiger partial charge < -0.3 is 15.4 Å². The maximum atomic E-state index is 12.0. The summed E-state index contributed by atoms with van der Waals surface area (Å²) in [5.41, 5.74) is 1.64. The van der Waals surface area contributed by atoms with Crippen LogP contribution in [0.3, 0.4) is 0 Å². The van der Waals surface area contributed by atoms with Crippen LogP contribution in [0, 0.1) is 6.92 Å². The summed E-state index contributed by atoms with van der Waals surface area (Å²) in [6.45, 7) is 7.06. The number of rotatable bonds is 7. The third-order valence-electron chi connectivity index (χ3n) is 3.24. The zero-order chi connectivity index (χ0) is 15.8. The van der Waals surface area contributed by atoms with E-state index in [1.165, 1.54) is 20.0 Å². The lowest BCUT2D eigenvalue weighted by Crippen LogP contribution is -2.29. The number of thiophene rings is 1. The van der Waals surface area contributed by atoms with Crippen LogP contribution < -0.4 is 10.6 Å². The lowest BCUT2D eigenvalue weighted by molar-refractivity contribution is 0.0601. The zero-order valence-electron chi connectivity index (χ0n) is 13.2. The van der Waals surface area contributed by atoms with Gasteiger partial charge in [0, 0.05) is 11.4 Å². The first kappa shape index (κ1) is 17.9. The Kier molecular flexibility index (Phi) is 7.67. The van der Waals surface area contributed by atoms with Crippen LogP contribution in [-0.2, 0) is 11.2 Å². The maximum absolute atomic E-state index is 12.0. The standard InChI is InChI=1S/C15H24N2O2S2/c1-5-7-8-9-16-15(20)17-13-12(14(18)19-4)11(6-2)10(3)21-13/h5-9H2,1-4H3,(H2,16,17,20). The summed E-state index contributed by atoms with van der Waals surface area (Å²) in [5, 5.41) is 7.63. The van der Waals surface area contributed by atoms with Crippen molar-refractivity contribution >= 4 is 39.6 Å². The second-order valence-electron chi connectivity index (χ2n) is 4.77. The fourth-order valence-corrected chi connectivity index (χ4v) is 3.54. The van der Waals surface area contributed by atoms with E-state index in [9.17, 15) is 4.79 Å². The Hall–Kier alpha value is -1.14. The summed E-state index contributed by atoms with van der Waals surface area (Å²) in [6, 6.07) is 0. The maximum Gasteiger partial charge on any atom is 0.341 e. The molecule has 118 valence electrons. The molecule has 21 heavy (non-hydrogen) atoms. The molecule has 2 N–H and O–H groups in total. The number of hydrogen-bond donors (Lipinski definition) is 2. The van der Waals surface area contributed by atoms with Crippen LogP contribution in [0.4, 0.5) is 5.00 Å². The van der Waals surface area contributed by atoms with Gasteiger partial charge in [0.15, 0.2) is 5.11 Å². The van der Waals surface area contributed by atoms with Crippen molar-refractivity contribution in [2.45, 2.75) is 46.5 Å². The minimum atomic E-state index is -0.313. The number of nitrogens with one attached hydrogen (secondary N) is 2. The van der Waals surface area contributed by atoms with E-state index in [1.54, 1.807) is 11.3 Å². The molecule has 0 atom stereocenters. The van der Waals surface area contributed by atoms with Crippen LogP contribution in [0.15, 0.2) is 0 Å². The van der Waals surface area contributed by atoms with Crippen LogP contribution in [0.25, 0.3) is 0 Å². The number of ether oxygens (including phenoxy) is 1. The molecule has 0 radical (unpaired) electrons. The van der Waals surface area contributed by atoms with Gasteiger partial charge in [-0.3, -0.25) is 0 Å². The highest BCUT2D eigenvalue weighted by Crippen LogP contribution is 2.33. The summed E-state index contributed by atoms with van der Waals surface area (Å²) in [7, 11) is 1.40. The van der Waals surface area contributed by atoms with Crippen LogP contribution >= 0.6 is 23.6 Å². The zero-order valence-corrected chi connectivity index (χ0v) is 14.8. The number of unbranched alkanes of at least 4 members (excludes halogenated alkanes) is 2. The van der Waals surface area contributed by atoms with Gasteiger partial charge in [-0.2, -0.15) is 0 Å². The molecule has 0 unspecified atom stereocenters. The molecule has 0 bridgehead atoms. The Morgan fingerprint density at radius 3 is 2.62 bits per heavy atom. The molecule has 1 rings (SSSR count). The molecule has 0 aliphatic heterocycles. The van der Waals surface area contributed by atoms with Crippen molar-refractivity contribution in [1.29, 1.82) is 0 Å². The summed E-state index contributed by atoms with van der Waals surface area (Å²) >= 11 is 6.83. The molecule has 1 heterocycles. The van der Waals surface area contributed by atoms with E-state index in [2.05, 4.69) is 17.6 Å². The van der Waals surface area contributed by atoms with E-state index in [0.717, 1.165) is 34.8 Å². The van der Waals surface area contributed by atoms with Crippen molar-refractivity contribution in [1.82, 2.24) is 5.32 Å². The Balaban J connectivity index is 2.78. The van der Waals surface area contributed by atoms with E-state index in [4.69, 9.17) is 17.0 Å². The normalized spacial score (nSPS) is 10.3. The van der Waals surface area contributed by atoms with Crippen molar-refractivity contribution in [3.63, 3.8) is 0 Å². The van der Waals surface area contributed by atoms with Crippen LogP contribution in [0.1, 0.15) is 53.9 Å². The molecule has 4 nitrogen and oxygen atoms in total. The fourth-order valence-electron chi connectivity index (χ4n) is 2.13. The Morgan fingerprint density at radius 2 is 2.05 bits per heavy atom. The minimum absolute atomic E-state index is 0.313. The minimum Gasteiger partial charge on any atom is -0.465 e. The molecule has 1 aromatic rings. The summed E-state index contributed by atoms with van der Waals surface area (Å²) < 4.78 is 4.89. The lowest BCUT2D eigenvalue weighted by atomic mass is 10.1. The molecule has 0 aromatic carbocycles. The van der Waals surface area contributed by atoms with Gasteiger partial charge >= 0.3 is 5.97 Å². The van der Waals surface area contributed by atoms with E-state index in [-0.39, 0.29) is 5.97 Å². The number of thiocarbonyl (C=S) groups is 1. The average molecular weight is 329 g/mol. The first-order valence-corrected chi connectivity index (χ1v) is 8.52. The number of anilines is 1. The van der Waals surface area contributed by atoms with Gasteiger partial charge in [0.1, 0.15) is 5.00 Å². The number of esters is 1.